The molecule has 0 radical (unpaired) electrons. The topological polar surface area (TPSA) is 90.0 Å². The van der Waals surface area contributed by atoms with Crippen molar-refractivity contribution < 1.29 is 19.2 Å². The fourth-order valence-electron chi connectivity index (χ4n) is 2.90. The molecule has 0 spiro atoms. The second-order valence-corrected chi connectivity index (χ2v) is 6.43. The van der Waals surface area contributed by atoms with Crippen molar-refractivity contribution in [2.45, 2.75) is 13.0 Å². The number of urea groups is 1. The number of rotatable bonds is 3. The van der Waals surface area contributed by atoms with Crippen molar-refractivity contribution in [3.63, 3.8) is 0 Å². The molecule has 8 nitrogen and oxygen atoms in total. The van der Waals surface area contributed by atoms with Crippen LogP contribution in [0.25, 0.3) is 0 Å². The molecule has 2 heterocycles. The molecule has 1 atom stereocenters. The van der Waals surface area contributed by atoms with Gasteiger partial charge in [0, 0.05) is 23.3 Å². The van der Waals surface area contributed by atoms with Crippen molar-refractivity contribution in [3.05, 3.63) is 29.3 Å². The number of carbonyl (C=O) groups is 4. The predicted molar refractivity (Wildman–Crippen MR) is 90.1 cm³/mol. The molecule has 9 heteroatoms. The lowest BCUT2D eigenvalue weighted by atomic mass is 10.1. The van der Waals surface area contributed by atoms with Gasteiger partial charge in [-0.2, -0.15) is 0 Å². The van der Waals surface area contributed by atoms with E-state index in [-0.39, 0.29) is 31.6 Å². The van der Waals surface area contributed by atoms with Crippen LogP contribution in [0.1, 0.15) is 6.92 Å². The molecular weight excluding hydrogens is 348 g/mol. The van der Waals surface area contributed by atoms with E-state index >= 15 is 0 Å². The van der Waals surface area contributed by atoms with Crippen LogP contribution in [-0.2, 0) is 14.4 Å². The first kappa shape index (κ1) is 17.2. The Morgan fingerprint density at radius 2 is 1.88 bits per heavy atom. The van der Waals surface area contributed by atoms with Crippen molar-refractivity contribution in [2.24, 2.45) is 0 Å². The average Bonchev–Trinajstić information content (AvgIpc) is 2.89. The van der Waals surface area contributed by atoms with E-state index in [0.717, 1.165) is 4.90 Å². The number of anilines is 1. The molecule has 5 amide bonds. The normalized spacial score (nSPS) is 21.0. The zero-order valence-electron chi connectivity index (χ0n) is 13.6. The van der Waals surface area contributed by atoms with E-state index in [9.17, 15) is 19.2 Å². The number of halogens is 1. The molecule has 1 N–H and O–H groups in total. The molecule has 2 aliphatic rings. The summed E-state index contributed by atoms with van der Waals surface area (Å²) >= 11 is 5.86. The molecule has 25 heavy (non-hydrogen) atoms. The Morgan fingerprint density at radius 1 is 1.20 bits per heavy atom. The maximum Gasteiger partial charge on any atom is 0.325 e. The average molecular weight is 365 g/mol. The minimum atomic E-state index is -0.586. The molecule has 1 unspecified atom stereocenters. The lowest BCUT2D eigenvalue weighted by Crippen LogP contribution is -2.59. The van der Waals surface area contributed by atoms with Crippen molar-refractivity contribution >= 4 is 41.0 Å². The van der Waals surface area contributed by atoms with Gasteiger partial charge in [0.15, 0.2) is 0 Å². The SMILES string of the molecule is CC1CN(c2ccc(Cl)cc2)C(=O)CN1C(=O)CN1C(=O)CNC1=O. The molecule has 132 valence electrons. The van der Waals surface area contributed by atoms with Crippen molar-refractivity contribution in [2.75, 3.05) is 31.1 Å². The van der Waals surface area contributed by atoms with Gasteiger partial charge in [-0.3, -0.25) is 19.3 Å². The Kier molecular flexibility index (Phi) is 4.63. The second kappa shape index (κ2) is 6.72. The van der Waals surface area contributed by atoms with Gasteiger partial charge in [0.05, 0.1) is 6.54 Å². The summed E-state index contributed by atoms with van der Waals surface area (Å²) in [7, 11) is 0. The molecule has 1 aromatic rings. The minimum absolute atomic E-state index is 0.105. The summed E-state index contributed by atoms with van der Waals surface area (Å²) in [5, 5.41) is 2.94. The number of nitrogens with one attached hydrogen (secondary N) is 1. The second-order valence-electron chi connectivity index (χ2n) is 5.99. The first-order chi connectivity index (χ1) is 11.9. The molecule has 1 aromatic carbocycles. The van der Waals surface area contributed by atoms with Gasteiger partial charge < -0.3 is 15.1 Å². The maximum absolute atomic E-state index is 12.5. The number of carbonyl (C=O) groups excluding carboxylic acids is 4. The molecule has 0 bridgehead atoms. The zero-order valence-corrected chi connectivity index (χ0v) is 14.3. The van der Waals surface area contributed by atoms with E-state index in [1.807, 2.05) is 6.92 Å². The number of benzene rings is 1. The summed E-state index contributed by atoms with van der Waals surface area (Å²) in [5.41, 5.74) is 0.711. The number of piperazine rings is 1. The van der Waals surface area contributed by atoms with Gasteiger partial charge in [0.2, 0.25) is 11.8 Å². The van der Waals surface area contributed by atoms with Gasteiger partial charge in [-0.25, -0.2) is 4.79 Å². The molecule has 3 rings (SSSR count). The van der Waals surface area contributed by atoms with Gasteiger partial charge in [-0.15, -0.1) is 0 Å². The van der Waals surface area contributed by atoms with Crippen LogP contribution in [0.3, 0.4) is 0 Å². The Balaban J connectivity index is 1.68. The zero-order chi connectivity index (χ0) is 18.1. The predicted octanol–water partition coefficient (Wildman–Crippen LogP) is 0.456. The third-order valence-electron chi connectivity index (χ3n) is 4.27. The fraction of sp³-hybridized carbons (Fsp3) is 0.375. The van der Waals surface area contributed by atoms with Crippen molar-refractivity contribution in [3.8, 4) is 0 Å². The van der Waals surface area contributed by atoms with E-state index in [4.69, 9.17) is 11.6 Å². The standard InChI is InChI=1S/C16H17ClN4O4/c1-10-7-20(12-4-2-11(17)3-5-12)15(24)8-19(10)14(23)9-21-13(22)6-18-16(21)25/h2-5,10H,6-9H2,1H3,(H,18,25). The number of amides is 5. The van der Waals surface area contributed by atoms with Crippen LogP contribution >= 0.6 is 11.6 Å². The van der Waals surface area contributed by atoms with E-state index in [2.05, 4.69) is 5.32 Å². The number of hydrogen-bond donors (Lipinski definition) is 1. The lowest BCUT2D eigenvalue weighted by Gasteiger charge is -2.39. The van der Waals surface area contributed by atoms with Gasteiger partial charge in [0.1, 0.15) is 13.1 Å². The highest BCUT2D eigenvalue weighted by atomic mass is 35.5. The van der Waals surface area contributed by atoms with E-state index < -0.39 is 17.8 Å². The molecule has 0 aromatic heterocycles. The summed E-state index contributed by atoms with van der Waals surface area (Å²) in [5.74, 6) is -1.11. The van der Waals surface area contributed by atoms with Gasteiger partial charge in [0.25, 0.3) is 5.91 Å². The highest BCUT2D eigenvalue weighted by molar-refractivity contribution is 6.30. The first-order valence-electron chi connectivity index (χ1n) is 7.80. The quantitative estimate of drug-likeness (QED) is 0.789. The Hall–Kier alpha value is -2.61. The third-order valence-corrected chi connectivity index (χ3v) is 4.53. The monoisotopic (exact) mass is 364 g/mol. The van der Waals surface area contributed by atoms with Crippen LogP contribution in [0, 0.1) is 0 Å². The summed E-state index contributed by atoms with van der Waals surface area (Å²) in [6, 6.07) is 6.06. The molecule has 2 fully saturated rings. The largest absolute Gasteiger partial charge is 0.329 e. The Bertz CT molecular complexity index is 720. The van der Waals surface area contributed by atoms with Crippen LogP contribution in [0.2, 0.25) is 5.02 Å². The summed E-state index contributed by atoms with van der Waals surface area (Å²) < 4.78 is 0. The Morgan fingerprint density at radius 3 is 2.48 bits per heavy atom. The van der Waals surface area contributed by atoms with Crippen molar-refractivity contribution in [1.29, 1.82) is 0 Å². The summed E-state index contributed by atoms with van der Waals surface area (Å²) in [6.07, 6.45) is 0. The van der Waals surface area contributed by atoms with Crippen LogP contribution in [-0.4, -0.2) is 65.8 Å². The number of hydrogen-bond acceptors (Lipinski definition) is 4. The van der Waals surface area contributed by atoms with E-state index in [1.54, 1.807) is 29.2 Å². The Labute approximate surface area is 149 Å². The van der Waals surface area contributed by atoms with Crippen LogP contribution in [0.4, 0.5) is 10.5 Å². The molecule has 2 aliphatic heterocycles. The fourth-order valence-corrected chi connectivity index (χ4v) is 3.02. The number of nitrogens with zero attached hydrogens (tertiary/aromatic N) is 3. The molecule has 2 saturated heterocycles. The summed E-state index contributed by atoms with van der Waals surface area (Å²) in [4.78, 5) is 51.9. The first-order valence-corrected chi connectivity index (χ1v) is 8.18. The van der Waals surface area contributed by atoms with Gasteiger partial charge >= 0.3 is 6.03 Å². The van der Waals surface area contributed by atoms with Crippen LogP contribution in [0.15, 0.2) is 24.3 Å². The van der Waals surface area contributed by atoms with Gasteiger partial charge in [-0.1, -0.05) is 11.6 Å². The highest BCUT2D eigenvalue weighted by Gasteiger charge is 2.36. The molecule has 0 saturated carbocycles. The van der Waals surface area contributed by atoms with Crippen LogP contribution in [0.5, 0.6) is 0 Å². The van der Waals surface area contributed by atoms with Crippen molar-refractivity contribution in [1.82, 2.24) is 15.1 Å². The lowest BCUT2D eigenvalue weighted by molar-refractivity contribution is -0.141. The smallest absolute Gasteiger partial charge is 0.325 e. The summed E-state index contributed by atoms with van der Waals surface area (Å²) in [6.45, 7) is 1.58. The van der Waals surface area contributed by atoms with Crippen LogP contribution < -0.4 is 10.2 Å². The molecular formula is C16H17ClN4O4. The maximum atomic E-state index is 12.5. The van der Waals surface area contributed by atoms with E-state index in [1.165, 1.54) is 4.90 Å². The highest BCUT2D eigenvalue weighted by Crippen LogP contribution is 2.22. The minimum Gasteiger partial charge on any atom is -0.329 e. The van der Waals surface area contributed by atoms with E-state index in [0.29, 0.717) is 17.3 Å². The third kappa shape index (κ3) is 3.43. The molecule has 0 aliphatic carbocycles. The number of imide groups is 1. The van der Waals surface area contributed by atoms with Gasteiger partial charge in [-0.05, 0) is 31.2 Å².